The van der Waals surface area contributed by atoms with Crippen molar-refractivity contribution < 1.29 is 9.59 Å². The van der Waals surface area contributed by atoms with Gasteiger partial charge in [0.25, 0.3) is 0 Å². The fourth-order valence-corrected chi connectivity index (χ4v) is 5.08. The molecule has 5 rings (SSSR count). The Balaban J connectivity index is 1.66. The van der Waals surface area contributed by atoms with Gasteiger partial charge in [0.05, 0.1) is 23.2 Å². The first-order valence-corrected chi connectivity index (χ1v) is 7.80. The van der Waals surface area contributed by atoms with Gasteiger partial charge in [-0.25, -0.2) is 0 Å². The van der Waals surface area contributed by atoms with Crippen molar-refractivity contribution in [3.8, 4) is 0 Å². The van der Waals surface area contributed by atoms with Gasteiger partial charge in [0.2, 0.25) is 0 Å². The van der Waals surface area contributed by atoms with E-state index in [1.54, 1.807) is 0 Å². The molecule has 1 heterocycles. The maximum Gasteiger partial charge on any atom is 0.142 e. The standard InChI is InChI=1S/C17H17NO2/c19-12-3-1-8-5-10-7-11-6-9-2-4-13(20)15(9)17(11)18-16(10)14(8)12/h7-9,14-15H,1-6H2/t8-,9-,14+,15+/m0/s1. The average Bonchev–Trinajstić information content (AvgIpc) is 3.12. The largest absolute Gasteiger partial charge is 0.299 e. The molecule has 0 aromatic carbocycles. The number of Topliss-reactive ketones (excluding diaryl/α,β-unsaturated/α-hetero) is 2. The van der Waals surface area contributed by atoms with E-state index in [1.807, 2.05) is 0 Å². The molecule has 0 saturated heterocycles. The van der Waals surface area contributed by atoms with Gasteiger partial charge in [-0.2, -0.15) is 0 Å². The van der Waals surface area contributed by atoms with Crippen LogP contribution < -0.4 is 0 Å². The van der Waals surface area contributed by atoms with Crippen molar-refractivity contribution in [3.05, 3.63) is 28.6 Å². The van der Waals surface area contributed by atoms with E-state index in [-0.39, 0.29) is 11.8 Å². The maximum atomic E-state index is 12.1. The molecule has 0 aliphatic heterocycles. The molecule has 3 nitrogen and oxygen atoms in total. The number of carbonyl (C=O) groups excluding carboxylic acids is 2. The topological polar surface area (TPSA) is 47.0 Å². The second-order valence-corrected chi connectivity index (χ2v) is 6.97. The Labute approximate surface area is 117 Å². The molecule has 1 aromatic heterocycles. The summed E-state index contributed by atoms with van der Waals surface area (Å²) < 4.78 is 0. The monoisotopic (exact) mass is 267 g/mol. The van der Waals surface area contributed by atoms with Gasteiger partial charge in [-0.05, 0) is 48.6 Å². The van der Waals surface area contributed by atoms with E-state index in [4.69, 9.17) is 4.98 Å². The van der Waals surface area contributed by atoms with Gasteiger partial charge in [-0.1, -0.05) is 6.07 Å². The van der Waals surface area contributed by atoms with E-state index >= 15 is 0 Å². The summed E-state index contributed by atoms with van der Waals surface area (Å²) in [6.45, 7) is 0. The van der Waals surface area contributed by atoms with E-state index in [1.165, 1.54) is 11.1 Å². The summed E-state index contributed by atoms with van der Waals surface area (Å²) in [5.74, 6) is 1.81. The van der Waals surface area contributed by atoms with Crippen molar-refractivity contribution in [2.45, 2.75) is 50.4 Å². The summed E-state index contributed by atoms with van der Waals surface area (Å²) in [6, 6.07) is 2.27. The summed E-state index contributed by atoms with van der Waals surface area (Å²) in [6.07, 6.45) is 5.53. The maximum absolute atomic E-state index is 12.1. The van der Waals surface area contributed by atoms with Gasteiger partial charge in [-0.3, -0.25) is 14.6 Å². The summed E-state index contributed by atoms with van der Waals surface area (Å²) in [7, 11) is 0. The van der Waals surface area contributed by atoms with Crippen LogP contribution in [-0.2, 0) is 22.4 Å². The molecule has 0 radical (unpaired) electrons. The van der Waals surface area contributed by atoms with Crippen molar-refractivity contribution in [2.24, 2.45) is 11.8 Å². The number of fused-ring (bicyclic) bond motifs is 6. The molecular formula is C17H17NO2. The van der Waals surface area contributed by atoms with Crippen LogP contribution in [0.5, 0.6) is 0 Å². The number of hydrogen-bond acceptors (Lipinski definition) is 3. The Bertz CT molecular complexity index is 610. The van der Waals surface area contributed by atoms with Crippen molar-refractivity contribution in [3.63, 3.8) is 0 Å². The van der Waals surface area contributed by atoms with Gasteiger partial charge in [0, 0.05) is 12.8 Å². The molecule has 4 aliphatic carbocycles. The van der Waals surface area contributed by atoms with Crippen molar-refractivity contribution in [1.82, 2.24) is 4.98 Å². The minimum Gasteiger partial charge on any atom is -0.299 e. The molecule has 2 fully saturated rings. The highest BCUT2D eigenvalue weighted by Crippen LogP contribution is 2.50. The van der Waals surface area contributed by atoms with Crippen LogP contribution >= 0.6 is 0 Å². The van der Waals surface area contributed by atoms with Crippen LogP contribution in [0.1, 0.15) is 60.0 Å². The Morgan fingerprint density at radius 3 is 1.85 bits per heavy atom. The highest BCUT2D eigenvalue weighted by Gasteiger charge is 2.47. The van der Waals surface area contributed by atoms with Crippen LogP contribution in [0, 0.1) is 11.8 Å². The Morgan fingerprint density at radius 2 is 1.35 bits per heavy atom. The lowest BCUT2D eigenvalue weighted by Gasteiger charge is -2.11. The van der Waals surface area contributed by atoms with Gasteiger partial charge in [0.1, 0.15) is 11.6 Å². The van der Waals surface area contributed by atoms with Crippen LogP contribution in [-0.4, -0.2) is 16.6 Å². The number of aromatic nitrogens is 1. The fraction of sp³-hybridized carbons (Fsp3) is 0.588. The molecule has 20 heavy (non-hydrogen) atoms. The first-order valence-electron chi connectivity index (χ1n) is 7.80. The molecule has 2 saturated carbocycles. The van der Waals surface area contributed by atoms with Crippen LogP contribution in [0.25, 0.3) is 0 Å². The van der Waals surface area contributed by atoms with E-state index in [0.717, 1.165) is 49.9 Å². The molecule has 102 valence electrons. The molecule has 0 unspecified atom stereocenters. The fourth-order valence-electron chi connectivity index (χ4n) is 5.08. The molecule has 0 amide bonds. The third kappa shape index (κ3) is 1.24. The van der Waals surface area contributed by atoms with Gasteiger partial charge in [0.15, 0.2) is 0 Å². The Kier molecular flexibility index (Phi) is 2.00. The van der Waals surface area contributed by atoms with Crippen LogP contribution in [0.15, 0.2) is 6.07 Å². The first kappa shape index (κ1) is 11.2. The first-order chi connectivity index (χ1) is 9.72. The lowest BCUT2D eigenvalue weighted by Crippen LogP contribution is -2.12. The summed E-state index contributed by atoms with van der Waals surface area (Å²) in [5.41, 5.74) is 4.63. The third-order valence-corrected chi connectivity index (χ3v) is 5.96. The summed E-state index contributed by atoms with van der Waals surface area (Å²) >= 11 is 0. The van der Waals surface area contributed by atoms with Crippen molar-refractivity contribution in [1.29, 1.82) is 0 Å². The highest BCUT2D eigenvalue weighted by atomic mass is 16.1. The third-order valence-electron chi connectivity index (χ3n) is 5.96. The van der Waals surface area contributed by atoms with Crippen LogP contribution in [0.3, 0.4) is 0 Å². The van der Waals surface area contributed by atoms with Crippen LogP contribution in [0.4, 0.5) is 0 Å². The zero-order valence-electron chi connectivity index (χ0n) is 11.4. The molecule has 4 atom stereocenters. The summed E-state index contributed by atoms with van der Waals surface area (Å²) in [4.78, 5) is 29.1. The lowest BCUT2D eigenvalue weighted by atomic mass is 9.97. The molecular weight excluding hydrogens is 250 g/mol. The number of nitrogens with zero attached hydrogens (tertiary/aromatic N) is 1. The molecule has 3 heteroatoms. The lowest BCUT2D eigenvalue weighted by molar-refractivity contribution is -0.119. The number of rotatable bonds is 0. The van der Waals surface area contributed by atoms with E-state index < -0.39 is 0 Å². The summed E-state index contributed by atoms with van der Waals surface area (Å²) in [5, 5.41) is 0. The van der Waals surface area contributed by atoms with E-state index in [9.17, 15) is 9.59 Å². The Hall–Kier alpha value is -1.51. The van der Waals surface area contributed by atoms with Gasteiger partial charge < -0.3 is 0 Å². The van der Waals surface area contributed by atoms with E-state index in [0.29, 0.717) is 23.4 Å². The van der Waals surface area contributed by atoms with Crippen molar-refractivity contribution in [2.75, 3.05) is 0 Å². The predicted octanol–water partition coefficient (Wildman–Crippen LogP) is 2.32. The second kappa shape index (κ2) is 3.57. The number of hydrogen-bond donors (Lipinski definition) is 0. The number of ketones is 2. The Morgan fingerprint density at radius 1 is 0.850 bits per heavy atom. The van der Waals surface area contributed by atoms with E-state index in [2.05, 4.69) is 6.07 Å². The minimum absolute atomic E-state index is 0.0471. The molecule has 0 N–H and O–H groups in total. The molecule has 4 aliphatic rings. The zero-order valence-corrected chi connectivity index (χ0v) is 11.4. The molecule has 1 aromatic rings. The van der Waals surface area contributed by atoms with Gasteiger partial charge >= 0.3 is 0 Å². The zero-order chi connectivity index (χ0) is 13.4. The van der Waals surface area contributed by atoms with Crippen molar-refractivity contribution >= 4 is 11.6 Å². The average molecular weight is 267 g/mol. The highest BCUT2D eigenvalue weighted by molar-refractivity contribution is 5.90. The second-order valence-electron chi connectivity index (χ2n) is 6.97. The number of pyridine rings is 1. The molecule has 0 bridgehead atoms. The van der Waals surface area contributed by atoms with Crippen LogP contribution in [0.2, 0.25) is 0 Å². The quantitative estimate of drug-likeness (QED) is 0.724. The predicted molar refractivity (Wildman–Crippen MR) is 72.6 cm³/mol. The normalized spacial score (nSPS) is 37.0. The minimum atomic E-state index is 0.0471. The SMILES string of the molecule is O=C1CC[C@H]2Cc3cc4c(nc3[C@@H]12)[C@H]1C(=O)CC[C@H]1C4. The number of carbonyl (C=O) groups is 2. The van der Waals surface area contributed by atoms with Gasteiger partial charge in [-0.15, -0.1) is 0 Å². The smallest absolute Gasteiger partial charge is 0.142 e. The molecule has 0 spiro atoms.